The van der Waals surface area contributed by atoms with Crippen LogP contribution in [0.1, 0.15) is 53.4 Å². The Labute approximate surface area is 93.2 Å². The van der Waals surface area contributed by atoms with E-state index in [2.05, 4.69) is 38.3 Å². The molecular weight excluding hydrogens is 186 g/mol. The molecule has 2 fully saturated rings. The first-order valence-corrected chi connectivity index (χ1v) is 6.11. The van der Waals surface area contributed by atoms with Crippen molar-refractivity contribution in [3.8, 4) is 0 Å². The van der Waals surface area contributed by atoms with Gasteiger partial charge in [-0.3, -0.25) is 10.6 Å². The Bertz CT molecular complexity index is 232. The van der Waals surface area contributed by atoms with E-state index in [1.807, 2.05) is 0 Å². The molecule has 1 heterocycles. The van der Waals surface area contributed by atoms with Crippen LogP contribution in [0.15, 0.2) is 0 Å². The SMILES string of the molecule is CC1(C)NC2(CCC(N)CC2)NC1(C)C. The highest BCUT2D eigenvalue weighted by molar-refractivity contribution is 5.14. The molecule has 0 amide bonds. The lowest BCUT2D eigenvalue weighted by molar-refractivity contribution is 0.198. The van der Waals surface area contributed by atoms with Crippen molar-refractivity contribution >= 4 is 0 Å². The minimum absolute atomic E-state index is 0.142. The van der Waals surface area contributed by atoms with Crippen LogP contribution in [0.25, 0.3) is 0 Å². The molecule has 1 saturated carbocycles. The molecule has 2 aliphatic rings. The first-order chi connectivity index (χ1) is 6.77. The summed E-state index contributed by atoms with van der Waals surface area (Å²) >= 11 is 0. The third kappa shape index (κ3) is 1.81. The summed E-state index contributed by atoms with van der Waals surface area (Å²) in [6.45, 7) is 9.12. The van der Waals surface area contributed by atoms with E-state index in [1.54, 1.807) is 0 Å². The van der Waals surface area contributed by atoms with E-state index in [9.17, 15) is 0 Å². The van der Waals surface area contributed by atoms with Gasteiger partial charge in [-0.15, -0.1) is 0 Å². The predicted molar refractivity (Wildman–Crippen MR) is 63.6 cm³/mol. The minimum Gasteiger partial charge on any atom is -0.328 e. The summed E-state index contributed by atoms with van der Waals surface area (Å²) in [5.41, 5.74) is 6.40. The highest BCUT2D eigenvalue weighted by Crippen LogP contribution is 2.38. The third-order valence-corrected chi connectivity index (χ3v) is 4.55. The Morgan fingerprint density at radius 1 is 0.933 bits per heavy atom. The molecule has 2 rings (SSSR count). The van der Waals surface area contributed by atoms with Gasteiger partial charge in [-0.25, -0.2) is 0 Å². The van der Waals surface area contributed by atoms with Crippen LogP contribution in [0.5, 0.6) is 0 Å². The topological polar surface area (TPSA) is 50.1 Å². The fourth-order valence-corrected chi connectivity index (χ4v) is 2.92. The number of nitrogens with two attached hydrogens (primary N) is 1. The fraction of sp³-hybridized carbons (Fsp3) is 1.00. The molecule has 88 valence electrons. The van der Waals surface area contributed by atoms with E-state index in [-0.39, 0.29) is 16.7 Å². The zero-order chi connectivity index (χ0) is 11.3. The number of nitrogens with one attached hydrogen (secondary N) is 2. The maximum Gasteiger partial charge on any atom is 0.0697 e. The van der Waals surface area contributed by atoms with Crippen LogP contribution in [0.2, 0.25) is 0 Å². The Hall–Kier alpha value is -0.120. The van der Waals surface area contributed by atoms with Crippen molar-refractivity contribution in [2.75, 3.05) is 0 Å². The Morgan fingerprint density at radius 2 is 1.33 bits per heavy atom. The largest absolute Gasteiger partial charge is 0.328 e. The van der Waals surface area contributed by atoms with Crippen molar-refractivity contribution in [2.24, 2.45) is 5.73 Å². The third-order valence-electron chi connectivity index (χ3n) is 4.55. The molecule has 1 aliphatic carbocycles. The molecule has 0 bridgehead atoms. The Kier molecular flexibility index (Phi) is 2.42. The van der Waals surface area contributed by atoms with Crippen molar-refractivity contribution in [1.82, 2.24) is 10.6 Å². The summed E-state index contributed by atoms with van der Waals surface area (Å²) < 4.78 is 0. The van der Waals surface area contributed by atoms with E-state index in [4.69, 9.17) is 5.73 Å². The van der Waals surface area contributed by atoms with Crippen molar-refractivity contribution < 1.29 is 0 Å². The van der Waals surface area contributed by atoms with Crippen molar-refractivity contribution in [1.29, 1.82) is 0 Å². The second-order valence-corrected chi connectivity index (χ2v) is 6.42. The minimum atomic E-state index is 0.142. The smallest absolute Gasteiger partial charge is 0.0697 e. The van der Waals surface area contributed by atoms with Gasteiger partial charge in [0, 0.05) is 17.1 Å². The van der Waals surface area contributed by atoms with Crippen LogP contribution >= 0.6 is 0 Å². The zero-order valence-corrected chi connectivity index (χ0v) is 10.5. The summed E-state index contributed by atoms with van der Waals surface area (Å²) in [7, 11) is 0. The molecule has 0 aromatic carbocycles. The van der Waals surface area contributed by atoms with Gasteiger partial charge in [-0.1, -0.05) is 0 Å². The molecule has 1 spiro atoms. The maximum atomic E-state index is 5.97. The highest BCUT2D eigenvalue weighted by atomic mass is 15.3. The van der Waals surface area contributed by atoms with Crippen molar-refractivity contribution in [2.45, 2.75) is 76.2 Å². The second-order valence-electron chi connectivity index (χ2n) is 6.42. The Morgan fingerprint density at radius 3 is 1.73 bits per heavy atom. The van der Waals surface area contributed by atoms with E-state index in [0.29, 0.717) is 6.04 Å². The summed E-state index contributed by atoms with van der Waals surface area (Å²) in [6, 6.07) is 0.408. The summed E-state index contributed by atoms with van der Waals surface area (Å²) in [5.74, 6) is 0. The van der Waals surface area contributed by atoms with Gasteiger partial charge in [-0.2, -0.15) is 0 Å². The number of hydrogen-bond donors (Lipinski definition) is 3. The molecule has 0 radical (unpaired) electrons. The van der Waals surface area contributed by atoms with Gasteiger partial charge in [0.05, 0.1) is 5.66 Å². The van der Waals surface area contributed by atoms with Crippen LogP contribution in [0, 0.1) is 0 Å². The molecule has 0 aromatic heterocycles. The first-order valence-electron chi connectivity index (χ1n) is 6.11. The van der Waals surface area contributed by atoms with Crippen LogP contribution in [-0.2, 0) is 0 Å². The van der Waals surface area contributed by atoms with Gasteiger partial charge < -0.3 is 5.73 Å². The van der Waals surface area contributed by atoms with Crippen LogP contribution in [0.3, 0.4) is 0 Å². The molecule has 4 N–H and O–H groups in total. The summed E-state index contributed by atoms with van der Waals surface area (Å²) in [4.78, 5) is 0. The molecule has 15 heavy (non-hydrogen) atoms. The zero-order valence-electron chi connectivity index (χ0n) is 10.5. The lowest BCUT2D eigenvalue weighted by Gasteiger charge is -2.38. The molecule has 0 unspecified atom stereocenters. The fourth-order valence-electron chi connectivity index (χ4n) is 2.92. The average molecular weight is 211 g/mol. The standard InChI is InChI=1S/C12H25N3/c1-10(2)11(3,4)15-12(14-10)7-5-9(13)6-8-12/h9,14-15H,5-8,13H2,1-4H3. The van der Waals surface area contributed by atoms with Crippen LogP contribution in [0.4, 0.5) is 0 Å². The van der Waals surface area contributed by atoms with Gasteiger partial charge >= 0.3 is 0 Å². The van der Waals surface area contributed by atoms with Gasteiger partial charge in [-0.05, 0) is 53.4 Å². The second kappa shape index (κ2) is 3.19. The van der Waals surface area contributed by atoms with Gasteiger partial charge in [0.2, 0.25) is 0 Å². The Balaban J connectivity index is 2.14. The number of rotatable bonds is 0. The molecule has 0 atom stereocenters. The number of hydrogen-bond acceptors (Lipinski definition) is 3. The monoisotopic (exact) mass is 211 g/mol. The lowest BCUT2D eigenvalue weighted by atomic mass is 9.85. The lowest BCUT2D eigenvalue weighted by Crippen LogP contribution is -2.55. The molecular formula is C12H25N3. The summed E-state index contributed by atoms with van der Waals surface area (Å²) in [5, 5.41) is 7.58. The van der Waals surface area contributed by atoms with E-state index >= 15 is 0 Å². The normalized spacial score (nSPS) is 33.4. The van der Waals surface area contributed by atoms with Gasteiger partial charge in [0.1, 0.15) is 0 Å². The van der Waals surface area contributed by atoms with Crippen LogP contribution in [-0.4, -0.2) is 22.8 Å². The van der Waals surface area contributed by atoms with E-state index in [0.717, 1.165) is 25.7 Å². The quantitative estimate of drug-likeness (QED) is 0.566. The van der Waals surface area contributed by atoms with Crippen molar-refractivity contribution in [3.63, 3.8) is 0 Å². The van der Waals surface area contributed by atoms with Crippen LogP contribution < -0.4 is 16.4 Å². The molecule has 1 saturated heterocycles. The molecule has 0 aromatic rings. The summed E-state index contributed by atoms with van der Waals surface area (Å²) in [6.07, 6.45) is 4.57. The molecule has 3 heteroatoms. The van der Waals surface area contributed by atoms with Gasteiger partial charge in [0.25, 0.3) is 0 Å². The van der Waals surface area contributed by atoms with E-state index < -0.39 is 0 Å². The van der Waals surface area contributed by atoms with E-state index in [1.165, 1.54) is 0 Å². The predicted octanol–water partition coefficient (Wildman–Crippen LogP) is 1.33. The maximum absolute atomic E-state index is 5.97. The molecule has 1 aliphatic heterocycles. The van der Waals surface area contributed by atoms with Crippen molar-refractivity contribution in [3.05, 3.63) is 0 Å². The van der Waals surface area contributed by atoms with Gasteiger partial charge in [0.15, 0.2) is 0 Å². The molecule has 3 nitrogen and oxygen atoms in total. The average Bonchev–Trinajstić information content (AvgIpc) is 2.25. The first kappa shape index (κ1) is 11.4. The highest BCUT2D eigenvalue weighted by Gasteiger charge is 2.53.